The molecule has 1 aromatic rings. The van der Waals surface area contributed by atoms with E-state index in [1.165, 1.54) is 0 Å². The van der Waals surface area contributed by atoms with Crippen LogP contribution in [0, 0.1) is 12.3 Å². The van der Waals surface area contributed by atoms with Gasteiger partial charge in [0.1, 0.15) is 0 Å². The molecule has 0 saturated carbocycles. The molecule has 2 N–H and O–H groups in total. The van der Waals surface area contributed by atoms with Crippen molar-refractivity contribution in [2.75, 3.05) is 13.6 Å². The molecule has 0 atom stereocenters. The Hall–Kier alpha value is -0.910. The van der Waals surface area contributed by atoms with Crippen molar-refractivity contribution in [1.82, 2.24) is 10.0 Å². The third-order valence-corrected chi connectivity index (χ3v) is 5.16. The molecule has 0 aliphatic heterocycles. The normalized spacial score (nSPS) is 12.7. The highest BCUT2D eigenvalue weighted by molar-refractivity contribution is 7.89. The lowest BCUT2D eigenvalue weighted by Crippen LogP contribution is -2.34. The minimum absolute atomic E-state index is 0.0381. The summed E-state index contributed by atoms with van der Waals surface area (Å²) in [7, 11) is -1.61. The molecule has 0 unspecified atom stereocenters. The van der Waals surface area contributed by atoms with E-state index in [1.807, 2.05) is 26.1 Å². The molecule has 1 aromatic carbocycles. The van der Waals surface area contributed by atoms with Gasteiger partial charge in [0, 0.05) is 13.1 Å². The van der Waals surface area contributed by atoms with Crippen LogP contribution in [0.25, 0.3) is 0 Å². The Morgan fingerprint density at radius 3 is 2.45 bits per heavy atom. The molecule has 1 rings (SSSR count). The summed E-state index contributed by atoms with van der Waals surface area (Å²) in [6.45, 7) is 9.10. The van der Waals surface area contributed by atoms with Crippen molar-refractivity contribution in [3.63, 3.8) is 0 Å². The van der Waals surface area contributed by atoms with E-state index in [2.05, 4.69) is 30.8 Å². The van der Waals surface area contributed by atoms with Crippen LogP contribution in [-0.2, 0) is 16.6 Å². The van der Waals surface area contributed by atoms with E-state index in [9.17, 15) is 8.42 Å². The highest BCUT2D eigenvalue weighted by Gasteiger charge is 2.22. The zero-order chi connectivity index (χ0) is 15.4. The molecule has 5 heteroatoms. The zero-order valence-corrected chi connectivity index (χ0v) is 13.9. The Morgan fingerprint density at radius 1 is 1.25 bits per heavy atom. The van der Waals surface area contributed by atoms with Crippen LogP contribution in [0.1, 0.15) is 38.3 Å². The molecule has 20 heavy (non-hydrogen) atoms. The molecule has 0 amide bonds. The molecule has 0 saturated heterocycles. The molecule has 0 heterocycles. The van der Waals surface area contributed by atoms with Gasteiger partial charge >= 0.3 is 0 Å². The number of sulfonamides is 1. The van der Waals surface area contributed by atoms with Crippen LogP contribution >= 0.6 is 0 Å². The average Bonchev–Trinajstić information content (AvgIpc) is 2.39. The van der Waals surface area contributed by atoms with Gasteiger partial charge in [-0.15, -0.1) is 0 Å². The summed E-state index contributed by atoms with van der Waals surface area (Å²) in [6, 6.07) is 5.54. The van der Waals surface area contributed by atoms with Gasteiger partial charge in [-0.2, -0.15) is 0 Å². The van der Waals surface area contributed by atoms with Crippen molar-refractivity contribution in [1.29, 1.82) is 0 Å². The van der Waals surface area contributed by atoms with Gasteiger partial charge in [-0.05, 0) is 43.0 Å². The minimum Gasteiger partial charge on any atom is -0.316 e. The summed E-state index contributed by atoms with van der Waals surface area (Å²) in [5.41, 5.74) is 1.70. The lowest BCUT2D eigenvalue weighted by atomic mass is 9.91. The monoisotopic (exact) mass is 298 g/mol. The molecule has 0 radical (unpaired) electrons. The van der Waals surface area contributed by atoms with Crippen LogP contribution in [0.3, 0.4) is 0 Å². The van der Waals surface area contributed by atoms with Gasteiger partial charge in [0.25, 0.3) is 0 Å². The molecular weight excluding hydrogens is 272 g/mol. The molecule has 114 valence electrons. The summed E-state index contributed by atoms with van der Waals surface area (Å²) in [4.78, 5) is 0.372. The number of hydrogen-bond acceptors (Lipinski definition) is 3. The van der Waals surface area contributed by atoms with E-state index in [0.29, 0.717) is 18.0 Å². The average molecular weight is 298 g/mol. The first kappa shape index (κ1) is 17.1. The van der Waals surface area contributed by atoms with E-state index >= 15 is 0 Å². The summed E-state index contributed by atoms with van der Waals surface area (Å²) in [6.07, 6.45) is 0.925. The molecule has 0 bridgehead atoms. The standard InChI is InChI=1S/C15H26N2O2S/c1-6-15(3,4)11-17-20(18,19)14-9-13(10-16-5)8-7-12(14)2/h7-9,16-17H,6,10-11H2,1-5H3. The van der Waals surface area contributed by atoms with Crippen molar-refractivity contribution in [2.24, 2.45) is 5.41 Å². The second kappa shape index (κ2) is 6.70. The predicted octanol–water partition coefficient (Wildman–Crippen LogP) is 2.43. The third-order valence-electron chi connectivity index (χ3n) is 3.62. The maximum absolute atomic E-state index is 12.4. The maximum Gasteiger partial charge on any atom is 0.240 e. The summed E-state index contributed by atoms with van der Waals surface area (Å²) in [5, 5.41) is 3.03. The second-order valence-electron chi connectivity index (χ2n) is 5.97. The van der Waals surface area contributed by atoms with Crippen molar-refractivity contribution in [3.8, 4) is 0 Å². The zero-order valence-electron chi connectivity index (χ0n) is 13.1. The van der Waals surface area contributed by atoms with Crippen LogP contribution in [0.4, 0.5) is 0 Å². The van der Waals surface area contributed by atoms with Gasteiger partial charge in [-0.1, -0.05) is 32.9 Å². The number of rotatable bonds is 7. The Kier molecular flexibility index (Phi) is 5.74. The highest BCUT2D eigenvalue weighted by Crippen LogP contribution is 2.21. The molecule has 0 spiro atoms. The van der Waals surface area contributed by atoms with Crippen LogP contribution in [0.2, 0.25) is 0 Å². The lowest BCUT2D eigenvalue weighted by molar-refractivity contribution is 0.350. The first-order chi connectivity index (χ1) is 9.22. The van der Waals surface area contributed by atoms with Crippen molar-refractivity contribution in [2.45, 2.75) is 45.6 Å². The summed E-state index contributed by atoms with van der Waals surface area (Å²) < 4.78 is 27.6. The SMILES string of the molecule is CCC(C)(C)CNS(=O)(=O)c1cc(CNC)ccc1C. The smallest absolute Gasteiger partial charge is 0.240 e. The van der Waals surface area contributed by atoms with Gasteiger partial charge in [0.2, 0.25) is 10.0 Å². The molecule has 4 nitrogen and oxygen atoms in total. The van der Waals surface area contributed by atoms with Crippen molar-refractivity contribution < 1.29 is 8.42 Å². The molecule has 0 fully saturated rings. The fourth-order valence-electron chi connectivity index (χ4n) is 1.74. The van der Waals surface area contributed by atoms with Crippen LogP contribution in [0.15, 0.2) is 23.1 Å². The molecular formula is C15H26N2O2S. The molecule has 0 aromatic heterocycles. The van der Waals surface area contributed by atoms with Crippen LogP contribution in [-0.4, -0.2) is 22.0 Å². The number of hydrogen-bond donors (Lipinski definition) is 2. The first-order valence-electron chi connectivity index (χ1n) is 6.95. The number of benzene rings is 1. The van der Waals surface area contributed by atoms with E-state index in [0.717, 1.165) is 17.5 Å². The Balaban J connectivity index is 3.00. The van der Waals surface area contributed by atoms with E-state index < -0.39 is 10.0 Å². The van der Waals surface area contributed by atoms with Crippen molar-refractivity contribution in [3.05, 3.63) is 29.3 Å². The fourth-order valence-corrected chi connectivity index (χ4v) is 3.28. The van der Waals surface area contributed by atoms with E-state index in [1.54, 1.807) is 6.07 Å². The number of nitrogens with one attached hydrogen (secondary N) is 2. The van der Waals surface area contributed by atoms with Gasteiger partial charge < -0.3 is 5.32 Å². The van der Waals surface area contributed by atoms with Gasteiger partial charge in [-0.25, -0.2) is 13.1 Å². The quantitative estimate of drug-likeness (QED) is 0.813. The third kappa shape index (κ3) is 4.58. The largest absolute Gasteiger partial charge is 0.316 e. The van der Waals surface area contributed by atoms with Gasteiger partial charge in [0.05, 0.1) is 4.90 Å². The summed E-state index contributed by atoms with van der Waals surface area (Å²) in [5.74, 6) is 0. The lowest BCUT2D eigenvalue weighted by Gasteiger charge is -2.23. The topological polar surface area (TPSA) is 58.2 Å². The summed E-state index contributed by atoms with van der Waals surface area (Å²) >= 11 is 0. The predicted molar refractivity (Wildman–Crippen MR) is 83.2 cm³/mol. The Morgan fingerprint density at radius 2 is 1.90 bits per heavy atom. The Bertz CT molecular complexity index is 551. The maximum atomic E-state index is 12.4. The van der Waals surface area contributed by atoms with Crippen LogP contribution < -0.4 is 10.0 Å². The minimum atomic E-state index is -3.45. The van der Waals surface area contributed by atoms with E-state index in [-0.39, 0.29) is 5.41 Å². The molecule has 0 aliphatic rings. The van der Waals surface area contributed by atoms with Gasteiger partial charge in [-0.3, -0.25) is 0 Å². The Labute approximate surface area is 123 Å². The highest BCUT2D eigenvalue weighted by atomic mass is 32.2. The van der Waals surface area contributed by atoms with Gasteiger partial charge in [0.15, 0.2) is 0 Å². The second-order valence-corrected chi connectivity index (χ2v) is 7.71. The van der Waals surface area contributed by atoms with Crippen molar-refractivity contribution >= 4 is 10.0 Å². The first-order valence-corrected chi connectivity index (χ1v) is 8.44. The van der Waals surface area contributed by atoms with Crippen LogP contribution in [0.5, 0.6) is 0 Å². The molecule has 0 aliphatic carbocycles. The van der Waals surface area contributed by atoms with E-state index in [4.69, 9.17) is 0 Å². The fraction of sp³-hybridized carbons (Fsp3) is 0.600. The number of aryl methyl sites for hydroxylation is 1.